The SMILES string of the molecule is CSC[C@@H]1CCN(C(=O)Cc2cc(-c3ccccc3)on2)C1. The Balaban J connectivity index is 1.60. The van der Waals surface area contributed by atoms with Crippen LogP contribution in [0.1, 0.15) is 12.1 Å². The third kappa shape index (κ3) is 3.53. The highest BCUT2D eigenvalue weighted by atomic mass is 32.2. The van der Waals surface area contributed by atoms with Crippen molar-refractivity contribution in [3.8, 4) is 11.3 Å². The second-order valence-corrected chi connectivity index (χ2v) is 6.59. The van der Waals surface area contributed by atoms with E-state index >= 15 is 0 Å². The van der Waals surface area contributed by atoms with Gasteiger partial charge >= 0.3 is 0 Å². The van der Waals surface area contributed by atoms with Gasteiger partial charge in [-0.15, -0.1) is 0 Å². The molecule has 1 atom stereocenters. The molecule has 0 radical (unpaired) electrons. The fraction of sp³-hybridized carbons (Fsp3) is 0.412. The number of carbonyl (C=O) groups excluding carboxylic acids is 1. The summed E-state index contributed by atoms with van der Waals surface area (Å²) >= 11 is 1.85. The fourth-order valence-corrected chi connectivity index (χ4v) is 3.57. The van der Waals surface area contributed by atoms with Gasteiger partial charge in [0.05, 0.1) is 12.1 Å². The van der Waals surface area contributed by atoms with Gasteiger partial charge < -0.3 is 9.42 Å². The van der Waals surface area contributed by atoms with Crippen LogP contribution in [0.3, 0.4) is 0 Å². The van der Waals surface area contributed by atoms with Crippen molar-refractivity contribution in [1.29, 1.82) is 0 Å². The summed E-state index contributed by atoms with van der Waals surface area (Å²) in [6, 6.07) is 11.7. The van der Waals surface area contributed by atoms with Crippen LogP contribution in [0.25, 0.3) is 11.3 Å². The molecule has 1 saturated heterocycles. The lowest BCUT2D eigenvalue weighted by atomic mass is 10.1. The van der Waals surface area contributed by atoms with E-state index in [0.717, 1.165) is 30.8 Å². The number of carbonyl (C=O) groups is 1. The predicted octanol–water partition coefficient (Wildman–Crippen LogP) is 3.10. The highest BCUT2D eigenvalue weighted by Crippen LogP contribution is 2.22. The van der Waals surface area contributed by atoms with Crippen LogP contribution in [0.5, 0.6) is 0 Å². The molecule has 1 amide bonds. The largest absolute Gasteiger partial charge is 0.356 e. The summed E-state index contributed by atoms with van der Waals surface area (Å²) in [5, 5.41) is 4.03. The van der Waals surface area contributed by atoms with Crippen molar-refractivity contribution in [2.45, 2.75) is 12.8 Å². The molecule has 2 heterocycles. The van der Waals surface area contributed by atoms with E-state index in [0.29, 0.717) is 23.8 Å². The molecule has 5 heteroatoms. The Morgan fingerprint density at radius 2 is 2.23 bits per heavy atom. The molecule has 0 spiro atoms. The fourth-order valence-electron chi connectivity index (χ4n) is 2.83. The number of hydrogen-bond donors (Lipinski definition) is 0. The summed E-state index contributed by atoms with van der Waals surface area (Å²) in [6.45, 7) is 1.75. The van der Waals surface area contributed by atoms with Gasteiger partial charge in [-0.25, -0.2) is 0 Å². The molecule has 1 aromatic carbocycles. The number of aromatic nitrogens is 1. The van der Waals surface area contributed by atoms with Crippen molar-refractivity contribution in [2.24, 2.45) is 5.92 Å². The number of hydrogen-bond acceptors (Lipinski definition) is 4. The molecule has 0 N–H and O–H groups in total. The highest BCUT2D eigenvalue weighted by Gasteiger charge is 2.26. The summed E-state index contributed by atoms with van der Waals surface area (Å²) in [6.07, 6.45) is 3.55. The number of nitrogens with zero attached hydrogens (tertiary/aromatic N) is 2. The van der Waals surface area contributed by atoms with Crippen LogP contribution in [-0.2, 0) is 11.2 Å². The van der Waals surface area contributed by atoms with Gasteiger partial charge in [0.1, 0.15) is 0 Å². The first-order valence-electron chi connectivity index (χ1n) is 7.54. The Labute approximate surface area is 134 Å². The third-order valence-corrected chi connectivity index (χ3v) is 4.80. The molecule has 0 bridgehead atoms. The molecule has 0 saturated carbocycles. The van der Waals surface area contributed by atoms with Crippen molar-refractivity contribution >= 4 is 17.7 Å². The first-order valence-corrected chi connectivity index (χ1v) is 8.93. The van der Waals surface area contributed by atoms with Crippen LogP contribution in [-0.4, -0.2) is 41.1 Å². The normalized spacial score (nSPS) is 17.9. The van der Waals surface area contributed by atoms with E-state index in [1.165, 1.54) is 0 Å². The Kier molecular flexibility index (Phi) is 4.83. The van der Waals surface area contributed by atoms with Crippen LogP contribution in [0.4, 0.5) is 0 Å². The monoisotopic (exact) mass is 316 g/mol. The minimum atomic E-state index is 0.150. The number of amides is 1. The first kappa shape index (κ1) is 15.2. The topological polar surface area (TPSA) is 46.3 Å². The zero-order valence-corrected chi connectivity index (χ0v) is 13.5. The van der Waals surface area contributed by atoms with E-state index in [1.54, 1.807) is 0 Å². The summed E-state index contributed by atoms with van der Waals surface area (Å²) in [5.74, 6) is 2.63. The van der Waals surface area contributed by atoms with Gasteiger partial charge in [0.2, 0.25) is 5.91 Å². The van der Waals surface area contributed by atoms with Gasteiger partial charge in [-0.2, -0.15) is 11.8 Å². The number of likely N-dealkylation sites (tertiary alicyclic amines) is 1. The highest BCUT2D eigenvalue weighted by molar-refractivity contribution is 7.98. The molecule has 3 rings (SSSR count). The lowest BCUT2D eigenvalue weighted by molar-refractivity contribution is -0.129. The Bertz CT molecular complexity index is 627. The van der Waals surface area contributed by atoms with E-state index in [1.807, 2.05) is 53.1 Å². The van der Waals surface area contributed by atoms with Crippen LogP contribution >= 0.6 is 11.8 Å². The molecule has 1 fully saturated rings. The van der Waals surface area contributed by atoms with Crippen LogP contribution in [0, 0.1) is 5.92 Å². The third-order valence-electron chi connectivity index (χ3n) is 3.99. The zero-order chi connectivity index (χ0) is 15.4. The number of thioether (sulfide) groups is 1. The molecule has 2 aromatic rings. The molecule has 0 unspecified atom stereocenters. The van der Waals surface area contributed by atoms with E-state index < -0.39 is 0 Å². The van der Waals surface area contributed by atoms with E-state index in [4.69, 9.17) is 4.52 Å². The molecular weight excluding hydrogens is 296 g/mol. The molecule has 1 aliphatic rings. The van der Waals surface area contributed by atoms with Gasteiger partial charge in [0, 0.05) is 24.7 Å². The molecule has 1 aliphatic heterocycles. The molecule has 22 heavy (non-hydrogen) atoms. The molecule has 4 nitrogen and oxygen atoms in total. The van der Waals surface area contributed by atoms with Gasteiger partial charge in [-0.1, -0.05) is 35.5 Å². The van der Waals surface area contributed by atoms with Gasteiger partial charge in [-0.05, 0) is 24.3 Å². The maximum atomic E-state index is 12.3. The van der Waals surface area contributed by atoms with E-state index in [2.05, 4.69) is 11.4 Å². The minimum Gasteiger partial charge on any atom is -0.356 e. The van der Waals surface area contributed by atoms with Gasteiger partial charge in [-0.3, -0.25) is 4.79 Å². The smallest absolute Gasteiger partial charge is 0.228 e. The average molecular weight is 316 g/mol. The zero-order valence-electron chi connectivity index (χ0n) is 12.7. The quantitative estimate of drug-likeness (QED) is 0.850. The first-order chi connectivity index (χ1) is 10.8. The maximum Gasteiger partial charge on any atom is 0.228 e. The lowest BCUT2D eigenvalue weighted by Crippen LogP contribution is -2.30. The molecule has 1 aromatic heterocycles. The van der Waals surface area contributed by atoms with Crippen LogP contribution < -0.4 is 0 Å². The van der Waals surface area contributed by atoms with Crippen molar-refractivity contribution in [2.75, 3.05) is 25.1 Å². The second kappa shape index (κ2) is 7.01. The Morgan fingerprint density at radius 1 is 1.41 bits per heavy atom. The van der Waals surface area contributed by atoms with Crippen LogP contribution in [0.2, 0.25) is 0 Å². The van der Waals surface area contributed by atoms with Gasteiger partial charge in [0.25, 0.3) is 0 Å². The van der Waals surface area contributed by atoms with E-state index in [9.17, 15) is 4.79 Å². The number of rotatable bonds is 5. The van der Waals surface area contributed by atoms with Crippen molar-refractivity contribution in [3.05, 3.63) is 42.1 Å². The van der Waals surface area contributed by atoms with Crippen LogP contribution in [0.15, 0.2) is 40.9 Å². The van der Waals surface area contributed by atoms with Crippen molar-refractivity contribution in [1.82, 2.24) is 10.1 Å². The Hall–Kier alpha value is -1.75. The van der Waals surface area contributed by atoms with E-state index in [-0.39, 0.29) is 5.91 Å². The predicted molar refractivity (Wildman–Crippen MR) is 88.7 cm³/mol. The summed E-state index contributed by atoms with van der Waals surface area (Å²) in [4.78, 5) is 14.3. The molecular formula is C17H20N2O2S. The van der Waals surface area contributed by atoms with Crippen molar-refractivity contribution in [3.63, 3.8) is 0 Å². The Morgan fingerprint density at radius 3 is 3.00 bits per heavy atom. The maximum absolute atomic E-state index is 12.3. The summed E-state index contributed by atoms with van der Waals surface area (Å²) in [7, 11) is 0. The minimum absolute atomic E-state index is 0.150. The summed E-state index contributed by atoms with van der Waals surface area (Å²) < 4.78 is 5.35. The van der Waals surface area contributed by atoms with Crippen molar-refractivity contribution < 1.29 is 9.32 Å². The second-order valence-electron chi connectivity index (χ2n) is 5.68. The lowest BCUT2D eigenvalue weighted by Gasteiger charge is -2.15. The molecule has 116 valence electrons. The number of benzene rings is 1. The average Bonchev–Trinajstić information content (AvgIpc) is 3.18. The molecule has 0 aliphatic carbocycles. The standard InChI is InChI=1S/C17H20N2O2S/c1-22-12-13-7-8-19(11-13)17(20)10-15-9-16(21-18-15)14-5-3-2-4-6-14/h2-6,9,13H,7-8,10-12H2,1H3/t13-/m1/s1. The van der Waals surface area contributed by atoms with Gasteiger partial charge in [0.15, 0.2) is 5.76 Å². The summed E-state index contributed by atoms with van der Waals surface area (Å²) in [5.41, 5.74) is 1.69.